The number of fused-ring (bicyclic) bond motifs is 1. The number of halogens is 1. The first-order valence-corrected chi connectivity index (χ1v) is 7.89. The van der Waals surface area contributed by atoms with E-state index in [1.54, 1.807) is 24.9 Å². The van der Waals surface area contributed by atoms with Gasteiger partial charge >= 0.3 is 0 Å². The second-order valence-electron chi connectivity index (χ2n) is 5.33. The van der Waals surface area contributed by atoms with E-state index in [-0.39, 0.29) is 0 Å². The van der Waals surface area contributed by atoms with Gasteiger partial charge in [0.15, 0.2) is 0 Å². The highest BCUT2D eigenvalue weighted by molar-refractivity contribution is 6.31. The minimum Gasteiger partial charge on any atom is -0.380 e. The zero-order chi connectivity index (χ0) is 16.4. The molecule has 4 rings (SSSR count). The van der Waals surface area contributed by atoms with Gasteiger partial charge in [-0.1, -0.05) is 17.7 Å². The number of nitrogens with one attached hydrogen (secondary N) is 1. The third-order valence-corrected chi connectivity index (χ3v) is 4.02. The topological polar surface area (TPSA) is 55.6 Å². The van der Waals surface area contributed by atoms with Gasteiger partial charge in [0.2, 0.25) is 0 Å². The molecule has 0 unspecified atom stereocenters. The van der Waals surface area contributed by atoms with E-state index in [4.69, 9.17) is 11.6 Å². The molecule has 24 heavy (non-hydrogen) atoms. The molecule has 0 atom stereocenters. The van der Waals surface area contributed by atoms with E-state index in [9.17, 15) is 0 Å². The third-order valence-electron chi connectivity index (χ3n) is 3.79. The molecule has 0 fully saturated rings. The summed E-state index contributed by atoms with van der Waals surface area (Å²) in [6.07, 6.45) is 8.93. The van der Waals surface area contributed by atoms with Crippen molar-refractivity contribution in [1.82, 2.24) is 19.5 Å². The van der Waals surface area contributed by atoms with Gasteiger partial charge < -0.3 is 5.32 Å². The van der Waals surface area contributed by atoms with E-state index in [0.29, 0.717) is 11.6 Å². The lowest BCUT2D eigenvalue weighted by atomic mass is 10.1. The molecule has 3 heterocycles. The van der Waals surface area contributed by atoms with Crippen LogP contribution in [0.2, 0.25) is 5.02 Å². The highest BCUT2D eigenvalue weighted by atomic mass is 35.5. The number of hydrogen-bond acceptors (Lipinski definition) is 4. The lowest BCUT2D eigenvalue weighted by Crippen LogP contribution is -2.06. The van der Waals surface area contributed by atoms with Gasteiger partial charge in [-0.2, -0.15) is 0 Å². The van der Waals surface area contributed by atoms with E-state index >= 15 is 0 Å². The number of hydrogen-bond donors (Lipinski definition) is 1. The van der Waals surface area contributed by atoms with E-state index in [2.05, 4.69) is 20.3 Å². The molecule has 0 spiro atoms. The van der Waals surface area contributed by atoms with Crippen LogP contribution in [0.4, 0.5) is 5.69 Å². The number of rotatable bonds is 4. The molecule has 0 amide bonds. The third kappa shape index (κ3) is 2.81. The van der Waals surface area contributed by atoms with Crippen molar-refractivity contribution >= 4 is 28.2 Å². The standard InChI is InChI=1S/C18H14ClN5/c19-14-3-4-16-15(10-14)17(5-7-21-16)23-11-13-2-1-6-22-18(13)24-9-8-20-12-24/h1-10,12H,11H2,(H,21,23). The van der Waals surface area contributed by atoms with Crippen molar-refractivity contribution < 1.29 is 0 Å². The molecular weight excluding hydrogens is 322 g/mol. The maximum atomic E-state index is 6.12. The highest BCUT2D eigenvalue weighted by Gasteiger charge is 2.07. The SMILES string of the molecule is Clc1ccc2nccc(NCc3cccnc3-n3ccnc3)c2c1. The van der Waals surface area contributed by atoms with Crippen molar-refractivity contribution in [3.63, 3.8) is 0 Å². The largest absolute Gasteiger partial charge is 0.380 e. The quantitative estimate of drug-likeness (QED) is 0.610. The first-order chi connectivity index (χ1) is 11.8. The fourth-order valence-corrected chi connectivity index (χ4v) is 2.82. The smallest absolute Gasteiger partial charge is 0.142 e. The first-order valence-electron chi connectivity index (χ1n) is 7.51. The van der Waals surface area contributed by atoms with Crippen LogP contribution in [0.5, 0.6) is 0 Å². The summed E-state index contributed by atoms with van der Waals surface area (Å²) in [7, 11) is 0. The maximum absolute atomic E-state index is 6.12. The van der Waals surface area contributed by atoms with Crippen LogP contribution in [0.15, 0.2) is 67.5 Å². The minimum atomic E-state index is 0.632. The van der Waals surface area contributed by atoms with Crippen LogP contribution in [-0.2, 0) is 6.54 Å². The Labute approximate surface area is 144 Å². The fraction of sp³-hybridized carbons (Fsp3) is 0.0556. The normalized spacial score (nSPS) is 10.9. The van der Waals surface area contributed by atoms with Crippen LogP contribution < -0.4 is 5.32 Å². The van der Waals surface area contributed by atoms with Crippen molar-refractivity contribution in [1.29, 1.82) is 0 Å². The van der Waals surface area contributed by atoms with Crippen LogP contribution in [0.1, 0.15) is 5.56 Å². The predicted octanol–water partition coefficient (Wildman–Crippen LogP) is 4.08. The van der Waals surface area contributed by atoms with Crippen molar-refractivity contribution in [3.8, 4) is 5.82 Å². The van der Waals surface area contributed by atoms with E-state index in [0.717, 1.165) is 28.0 Å². The van der Waals surface area contributed by atoms with Crippen LogP contribution in [0, 0.1) is 0 Å². The van der Waals surface area contributed by atoms with Crippen LogP contribution >= 0.6 is 11.6 Å². The van der Waals surface area contributed by atoms with Gasteiger partial charge in [0.25, 0.3) is 0 Å². The molecule has 0 aliphatic heterocycles. The summed E-state index contributed by atoms with van der Waals surface area (Å²) in [5, 5.41) is 5.15. The van der Waals surface area contributed by atoms with Crippen molar-refractivity contribution in [2.75, 3.05) is 5.32 Å². The molecule has 0 aliphatic carbocycles. The molecule has 4 aromatic rings. The fourth-order valence-electron chi connectivity index (χ4n) is 2.65. The Morgan fingerprint density at radius 2 is 2.00 bits per heavy atom. The average Bonchev–Trinajstić information content (AvgIpc) is 3.14. The molecule has 5 nitrogen and oxygen atoms in total. The van der Waals surface area contributed by atoms with Crippen LogP contribution in [-0.4, -0.2) is 19.5 Å². The second kappa shape index (κ2) is 6.29. The maximum Gasteiger partial charge on any atom is 0.142 e. The summed E-state index contributed by atoms with van der Waals surface area (Å²) in [4.78, 5) is 12.9. The minimum absolute atomic E-state index is 0.632. The van der Waals surface area contributed by atoms with E-state index in [1.807, 2.05) is 47.2 Å². The average molecular weight is 336 g/mol. The van der Waals surface area contributed by atoms with E-state index < -0.39 is 0 Å². The van der Waals surface area contributed by atoms with E-state index in [1.165, 1.54) is 0 Å². The number of pyridine rings is 2. The van der Waals surface area contributed by atoms with Crippen molar-refractivity contribution in [2.24, 2.45) is 0 Å². The van der Waals surface area contributed by atoms with Gasteiger partial charge in [0.05, 0.1) is 5.52 Å². The van der Waals surface area contributed by atoms with Crippen LogP contribution in [0.25, 0.3) is 16.7 Å². The van der Waals surface area contributed by atoms with Gasteiger partial charge in [0.1, 0.15) is 12.1 Å². The van der Waals surface area contributed by atoms with Gasteiger partial charge in [-0.25, -0.2) is 9.97 Å². The highest BCUT2D eigenvalue weighted by Crippen LogP contribution is 2.25. The number of benzene rings is 1. The molecule has 0 radical (unpaired) electrons. The molecular formula is C18H14ClN5. The predicted molar refractivity (Wildman–Crippen MR) is 95.4 cm³/mol. The molecule has 1 N–H and O–H groups in total. The van der Waals surface area contributed by atoms with Crippen molar-refractivity contribution in [2.45, 2.75) is 6.54 Å². The Bertz CT molecular complexity index is 982. The van der Waals surface area contributed by atoms with Gasteiger partial charge in [-0.3, -0.25) is 9.55 Å². The van der Waals surface area contributed by atoms with Gasteiger partial charge in [-0.15, -0.1) is 0 Å². The van der Waals surface area contributed by atoms with Gasteiger partial charge in [-0.05, 0) is 30.3 Å². The number of nitrogens with zero attached hydrogens (tertiary/aromatic N) is 4. The number of aromatic nitrogens is 4. The van der Waals surface area contributed by atoms with Gasteiger partial charge in [0, 0.05) is 53.0 Å². The molecule has 0 bridgehead atoms. The summed E-state index contributed by atoms with van der Waals surface area (Å²) >= 11 is 6.12. The summed E-state index contributed by atoms with van der Waals surface area (Å²) in [5.41, 5.74) is 2.97. The lowest BCUT2D eigenvalue weighted by Gasteiger charge is -2.12. The van der Waals surface area contributed by atoms with Crippen LogP contribution in [0.3, 0.4) is 0 Å². The Balaban J connectivity index is 1.66. The number of imidazole rings is 1. The lowest BCUT2D eigenvalue weighted by molar-refractivity contribution is 0.950. The summed E-state index contributed by atoms with van der Waals surface area (Å²) < 4.78 is 1.90. The molecule has 0 saturated carbocycles. The molecule has 6 heteroatoms. The molecule has 1 aromatic carbocycles. The Morgan fingerprint density at radius 1 is 1.04 bits per heavy atom. The summed E-state index contributed by atoms with van der Waals surface area (Å²) in [6.45, 7) is 0.632. The molecule has 0 saturated heterocycles. The summed E-state index contributed by atoms with van der Waals surface area (Å²) in [5.74, 6) is 0.860. The molecule has 118 valence electrons. The monoisotopic (exact) mass is 335 g/mol. The van der Waals surface area contributed by atoms with Crippen molar-refractivity contribution in [3.05, 3.63) is 78.1 Å². The Kier molecular flexibility index (Phi) is 3.84. The Morgan fingerprint density at radius 3 is 2.88 bits per heavy atom. The summed E-state index contributed by atoms with van der Waals surface area (Å²) in [6, 6.07) is 11.6. The Hall–Kier alpha value is -2.92. The molecule has 3 aromatic heterocycles. The zero-order valence-electron chi connectivity index (χ0n) is 12.7. The second-order valence-corrected chi connectivity index (χ2v) is 5.77. The number of anilines is 1. The first kappa shape index (κ1) is 14.7. The zero-order valence-corrected chi connectivity index (χ0v) is 13.5. The molecule has 0 aliphatic rings.